The number of rotatable bonds is 3. The van der Waals surface area contributed by atoms with E-state index in [1.54, 1.807) is 0 Å². The molecule has 2 aliphatic rings. The maximum Gasteiger partial charge on any atom is 0.191 e. The second-order valence-corrected chi connectivity index (χ2v) is 4.80. The number of nitrogens with zero attached hydrogens (tertiary/aromatic N) is 2. The topological polar surface area (TPSA) is 41.6 Å². The van der Waals surface area contributed by atoms with Crippen LogP contribution >= 0.6 is 0 Å². The first kappa shape index (κ1) is 10.8. The van der Waals surface area contributed by atoms with Gasteiger partial charge in [-0.25, -0.2) is 4.99 Å². The Labute approximate surface area is 92.7 Å². The third-order valence-electron chi connectivity index (χ3n) is 3.51. The van der Waals surface area contributed by atoms with Crippen LogP contribution in [0.2, 0.25) is 0 Å². The molecule has 3 heteroatoms. The van der Waals surface area contributed by atoms with Crippen LogP contribution in [-0.4, -0.2) is 29.5 Å². The second kappa shape index (κ2) is 4.86. The van der Waals surface area contributed by atoms with E-state index in [0.717, 1.165) is 12.5 Å². The van der Waals surface area contributed by atoms with Crippen LogP contribution < -0.4 is 5.73 Å². The maximum atomic E-state index is 6.08. The number of aliphatic imine (C=N–C) groups is 1. The van der Waals surface area contributed by atoms with Crippen LogP contribution in [0, 0.1) is 0 Å². The fourth-order valence-electron chi connectivity index (χ4n) is 2.46. The van der Waals surface area contributed by atoms with Gasteiger partial charge in [-0.15, -0.1) is 0 Å². The highest BCUT2D eigenvalue weighted by Gasteiger charge is 2.25. The van der Waals surface area contributed by atoms with Gasteiger partial charge in [0.25, 0.3) is 0 Å². The van der Waals surface area contributed by atoms with Crippen molar-refractivity contribution >= 4 is 5.96 Å². The lowest BCUT2D eigenvalue weighted by atomic mass is 9.94. The number of guanidine groups is 1. The van der Waals surface area contributed by atoms with Crippen LogP contribution in [0.1, 0.15) is 51.9 Å². The van der Waals surface area contributed by atoms with Gasteiger partial charge in [0.1, 0.15) is 0 Å². The summed E-state index contributed by atoms with van der Waals surface area (Å²) in [6.07, 6.45) is 9.19. The van der Waals surface area contributed by atoms with Gasteiger partial charge in [0.2, 0.25) is 0 Å². The van der Waals surface area contributed by atoms with E-state index in [9.17, 15) is 0 Å². The van der Waals surface area contributed by atoms with Crippen molar-refractivity contribution in [3.8, 4) is 0 Å². The summed E-state index contributed by atoms with van der Waals surface area (Å²) in [6, 6.07) is 1.20. The fourth-order valence-corrected chi connectivity index (χ4v) is 2.46. The molecule has 0 aromatic carbocycles. The summed E-state index contributed by atoms with van der Waals surface area (Å²) in [5, 5.41) is 0. The van der Waals surface area contributed by atoms with Crippen molar-refractivity contribution in [3.63, 3.8) is 0 Å². The normalized spacial score (nSPS) is 24.2. The molecule has 0 saturated heterocycles. The van der Waals surface area contributed by atoms with E-state index in [-0.39, 0.29) is 0 Å². The molecule has 0 spiro atoms. The summed E-state index contributed by atoms with van der Waals surface area (Å²) in [4.78, 5) is 6.87. The molecule has 0 bridgehead atoms. The molecule has 2 rings (SSSR count). The molecule has 0 unspecified atom stereocenters. The summed E-state index contributed by atoms with van der Waals surface area (Å²) in [5.74, 6) is 0.798. The largest absolute Gasteiger partial charge is 0.370 e. The minimum Gasteiger partial charge on any atom is -0.370 e. The first-order valence-electron chi connectivity index (χ1n) is 6.41. The molecule has 0 aromatic heterocycles. The molecule has 15 heavy (non-hydrogen) atoms. The average molecular weight is 209 g/mol. The van der Waals surface area contributed by atoms with Crippen LogP contribution in [0.4, 0.5) is 0 Å². The molecule has 3 nitrogen and oxygen atoms in total. The molecule has 0 atom stereocenters. The number of hydrogen-bond donors (Lipinski definition) is 1. The Kier molecular flexibility index (Phi) is 3.49. The van der Waals surface area contributed by atoms with Gasteiger partial charge in [-0.3, -0.25) is 0 Å². The van der Waals surface area contributed by atoms with Crippen LogP contribution in [0.15, 0.2) is 4.99 Å². The van der Waals surface area contributed by atoms with Crippen LogP contribution in [0.3, 0.4) is 0 Å². The van der Waals surface area contributed by atoms with E-state index >= 15 is 0 Å². The predicted molar refractivity (Wildman–Crippen MR) is 63.9 cm³/mol. The van der Waals surface area contributed by atoms with Gasteiger partial charge in [0, 0.05) is 12.6 Å². The van der Waals surface area contributed by atoms with E-state index in [1.165, 1.54) is 44.9 Å². The van der Waals surface area contributed by atoms with Crippen LogP contribution in [-0.2, 0) is 0 Å². The number of hydrogen-bond acceptors (Lipinski definition) is 1. The van der Waals surface area contributed by atoms with Gasteiger partial charge in [-0.05, 0) is 32.6 Å². The van der Waals surface area contributed by atoms with Crippen molar-refractivity contribution in [3.05, 3.63) is 0 Å². The quantitative estimate of drug-likeness (QED) is 0.571. The lowest BCUT2D eigenvalue weighted by Crippen LogP contribution is -2.45. The van der Waals surface area contributed by atoms with E-state index in [4.69, 9.17) is 5.73 Å². The number of nitrogens with two attached hydrogens (primary N) is 1. The Morgan fingerprint density at radius 3 is 2.40 bits per heavy atom. The molecule has 0 radical (unpaired) electrons. The monoisotopic (exact) mass is 209 g/mol. The summed E-state index contributed by atoms with van der Waals surface area (Å²) in [7, 11) is 0. The highest BCUT2D eigenvalue weighted by molar-refractivity contribution is 5.78. The lowest BCUT2D eigenvalue weighted by molar-refractivity contribution is 0.249. The van der Waals surface area contributed by atoms with Crippen molar-refractivity contribution in [2.24, 2.45) is 10.7 Å². The smallest absolute Gasteiger partial charge is 0.191 e. The minimum absolute atomic E-state index is 0.544. The summed E-state index contributed by atoms with van der Waals surface area (Å²) < 4.78 is 0. The first-order chi connectivity index (χ1) is 7.31. The molecule has 2 N–H and O–H groups in total. The zero-order chi connectivity index (χ0) is 10.7. The van der Waals surface area contributed by atoms with E-state index in [0.29, 0.717) is 12.1 Å². The van der Waals surface area contributed by atoms with Crippen LogP contribution in [0.5, 0.6) is 0 Å². The van der Waals surface area contributed by atoms with Crippen molar-refractivity contribution in [2.75, 3.05) is 6.54 Å². The molecule has 2 aliphatic carbocycles. The van der Waals surface area contributed by atoms with Crippen molar-refractivity contribution < 1.29 is 0 Å². The molecule has 2 saturated carbocycles. The Bertz CT molecular complexity index is 227. The highest BCUT2D eigenvalue weighted by Crippen LogP contribution is 2.25. The van der Waals surface area contributed by atoms with Crippen molar-refractivity contribution in [1.82, 2.24) is 4.90 Å². The molecule has 0 amide bonds. The third-order valence-corrected chi connectivity index (χ3v) is 3.51. The van der Waals surface area contributed by atoms with Crippen molar-refractivity contribution in [2.45, 2.75) is 64.0 Å². The highest BCUT2D eigenvalue weighted by atomic mass is 15.3. The Morgan fingerprint density at radius 1 is 1.20 bits per heavy atom. The minimum atomic E-state index is 0.544. The molecule has 2 fully saturated rings. The summed E-state index contributed by atoms with van der Waals surface area (Å²) in [6.45, 7) is 3.19. The Hall–Kier alpha value is -0.730. The van der Waals surface area contributed by atoms with E-state index in [2.05, 4.69) is 16.8 Å². The van der Waals surface area contributed by atoms with Gasteiger partial charge in [-0.2, -0.15) is 0 Å². The molecule has 0 heterocycles. The maximum absolute atomic E-state index is 6.08. The standard InChI is InChI=1S/C12H23N3/c1-2-15(11-6-4-3-5-7-11)12(13)14-10-8-9-10/h10-11H,2-9H2,1H3,(H2,13,14). The third kappa shape index (κ3) is 2.86. The van der Waals surface area contributed by atoms with E-state index in [1.807, 2.05) is 0 Å². The van der Waals surface area contributed by atoms with E-state index < -0.39 is 0 Å². The molecule has 0 aliphatic heterocycles. The molecule has 0 aromatic rings. The molecular weight excluding hydrogens is 186 g/mol. The van der Waals surface area contributed by atoms with Gasteiger partial charge in [-0.1, -0.05) is 19.3 Å². The van der Waals surface area contributed by atoms with Gasteiger partial charge in [0.05, 0.1) is 6.04 Å². The predicted octanol–water partition coefficient (Wildman–Crippen LogP) is 2.12. The summed E-state index contributed by atoms with van der Waals surface area (Å²) >= 11 is 0. The molecular formula is C12H23N3. The van der Waals surface area contributed by atoms with Gasteiger partial charge in [0.15, 0.2) is 5.96 Å². The first-order valence-corrected chi connectivity index (χ1v) is 6.41. The average Bonchev–Trinajstić information content (AvgIpc) is 3.04. The van der Waals surface area contributed by atoms with Crippen molar-refractivity contribution in [1.29, 1.82) is 0 Å². The zero-order valence-corrected chi connectivity index (χ0v) is 9.78. The molecule has 86 valence electrons. The summed E-state index contributed by atoms with van der Waals surface area (Å²) in [5.41, 5.74) is 6.08. The van der Waals surface area contributed by atoms with Gasteiger partial charge < -0.3 is 10.6 Å². The Morgan fingerprint density at radius 2 is 1.87 bits per heavy atom. The fraction of sp³-hybridized carbons (Fsp3) is 0.917. The SMILES string of the molecule is CCN(C(N)=NC1CC1)C1CCCCC1. The lowest BCUT2D eigenvalue weighted by Gasteiger charge is -2.34. The van der Waals surface area contributed by atoms with Gasteiger partial charge >= 0.3 is 0 Å². The Balaban J connectivity index is 1.94. The second-order valence-electron chi connectivity index (χ2n) is 4.80. The van der Waals surface area contributed by atoms with Crippen LogP contribution in [0.25, 0.3) is 0 Å². The zero-order valence-electron chi connectivity index (χ0n) is 9.78.